The van der Waals surface area contributed by atoms with Crippen LogP contribution in [0.1, 0.15) is 10.5 Å². The molecule has 0 saturated carbocycles. The number of aromatic nitrogens is 3. The van der Waals surface area contributed by atoms with Crippen molar-refractivity contribution >= 4 is 15.6 Å². The van der Waals surface area contributed by atoms with E-state index < -0.39 is 21.4 Å². The lowest BCUT2D eigenvalue weighted by Gasteiger charge is -2.04. The number of hydrogen-bond acceptors (Lipinski definition) is 5. The Hall–Kier alpha value is -2.02. The molecule has 2 aromatic rings. The maximum absolute atomic E-state index is 11.8. The van der Waals surface area contributed by atoms with Gasteiger partial charge in [-0.1, -0.05) is 23.4 Å². The van der Waals surface area contributed by atoms with E-state index in [4.69, 9.17) is 0 Å². The molecule has 0 N–H and O–H groups in total. The number of benzene rings is 1. The van der Waals surface area contributed by atoms with Crippen LogP contribution in [-0.2, 0) is 9.84 Å². The molecule has 0 aliphatic carbocycles. The number of Topliss-reactive ketones (excluding diaryl/α,β-unsaturated/α-hetero) is 1. The molecule has 0 saturated heterocycles. The van der Waals surface area contributed by atoms with Crippen molar-refractivity contribution in [2.45, 2.75) is 0 Å². The van der Waals surface area contributed by atoms with E-state index >= 15 is 0 Å². The Morgan fingerprint density at radius 2 is 1.94 bits per heavy atom. The van der Waals surface area contributed by atoms with Gasteiger partial charge in [0.1, 0.15) is 11.4 Å². The van der Waals surface area contributed by atoms with E-state index in [1.165, 1.54) is 10.9 Å². The van der Waals surface area contributed by atoms with Gasteiger partial charge in [0.2, 0.25) is 0 Å². The summed E-state index contributed by atoms with van der Waals surface area (Å²) in [6.45, 7) is 0. The smallest absolute Gasteiger partial charge is 0.197 e. The van der Waals surface area contributed by atoms with Crippen LogP contribution in [-0.4, -0.2) is 41.2 Å². The van der Waals surface area contributed by atoms with Crippen molar-refractivity contribution in [3.8, 4) is 5.69 Å². The molecule has 0 aliphatic rings. The van der Waals surface area contributed by atoms with Gasteiger partial charge in [0, 0.05) is 6.26 Å². The molecule has 2 rings (SSSR count). The van der Waals surface area contributed by atoms with Crippen LogP contribution >= 0.6 is 0 Å². The maximum Gasteiger partial charge on any atom is 0.197 e. The molecule has 0 fully saturated rings. The van der Waals surface area contributed by atoms with Crippen LogP contribution < -0.4 is 0 Å². The predicted octanol–water partition coefficient (Wildman–Crippen LogP) is 0.495. The highest BCUT2D eigenvalue weighted by Crippen LogP contribution is 2.09. The SMILES string of the molecule is CS(=O)(=O)CC(=O)c1cnnn1-c1ccccc1. The molecule has 1 heterocycles. The summed E-state index contributed by atoms with van der Waals surface area (Å²) >= 11 is 0. The largest absolute Gasteiger partial charge is 0.291 e. The van der Waals surface area contributed by atoms with Crippen molar-refractivity contribution in [2.24, 2.45) is 0 Å². The predicted molar refractivity (Wildman–Crippen MR) is 65.4 cm³/mol. The minimum atomic E-state index is -3.37. The zero-order chi connectivity index (χ0) is 13.2. The number of hydrogen-bond donors (Lipinski definition) is 0. The monoisotopic (exact) mass is 265 g/mol. The Morgan fingerprint density at radius 3 is 2.56 bits per heavy atom. The summed E-state index contributed by atoms with van der Waals surface area (Å²) in [6.07, 6.45) is 2.28. The molecule has 6 nitrogen and oxygen atoms in total. The Balaban J connectivity index is 2.37. The zero-order valence-electron chi connectivity index (χ0n) is 9.65. The van der Waals surface area contributed by atoms with Gasteiger partial charge in [-0.05, 0) is 12.1 Å². The molecule has 18 heavy (non-hydrogen) atoms. The standard InChI is InChI=1S/C11H11N3O3S/c1-18(16,17)8-11(15)10-7-12-13-14(10)9-5-3-2-4-6-9/h2-7H,8H2,1H3. The normalized spacial score (nSPS) is 11.4. The number of rotatable bonds is 4. The van der Waals surface area contributed by atoms with Crippen LogP contribution in [0, 0.1) is 0 Å². The van der Waals surface area contributed by atoms with Gasteiger partial charge < -0.3 is 0 Å². The minimum Gasteiger partial charge on any atom is -0.291 e. The molecule has 0 atom stereocenters. The second-order valence-corrected chi connectivity index (χ2v) is 6.00. The van der Waals surface area contributed by atoms with E-state index in [2.05, 4.69) is 10.3 Å². The number of ketones is 1. The van der Waals surface area contributed by atoms with Gasteiger partial charge in [-0.2, -0.15) is 0 Å². The fourth-order valence-electron chi connectivity index (χ4n) is 1.50. The average Bonchev–Trinajstić information content (AvgIpc) is 2.76. The van der Waals surface area contributed by atoms with Gasteiger partial charge in [0.15, 0.2) is 15.6 Å². The van der Waals surface area contributed by atoms with Gasteiger partial charge >= 0.3 is 0 Å². The zero-order valence-corrected chi connectivity index (χ0v) is 10.5. The molecule has 0 radical (unpaired) electrons. The third kappa shape index (κ3) is 2.80. The molecular formula is C11H11N3O3S. The minimum absolute atomic E-state index is 0.159. The Kier molecular flexibility index (Phi) is 3.24. The van der Waals surface area contributed by atoms with Gasteiger partial charge in [-0.15, -0.1) is 5.10 Å². The van der Waals surface area contributed by atoms with Crippen molar-refractivity contribution < 1.29 is 13.2 Å². The van der Waals surface area contributed by atoms with Gasteiger partial charge in [-0.25, -0.2) is 13.1 Å². The topological polar surface area (TPSA) is 81.9 Å². The van der Waals surface area contributed by atoms with Gasteiger partial charge in [0.05, 0.1) is 11.9 Å². The summed E-state index contributed by atoms with van der Waals surface area (Å²) in [7, 11) is -3.37. The van der Waals surface area contributed by atoms with E-state index in [1.54, 1.807) is 24.3 Å². The summed E-state index contributed by atoms with van der Waals surface area (Å²) in [5.41, 5.74) is 0.818. The number of para-hydroxylation sites is 1. The summed E-state index contributed by atoms with van der Waals surface area (Å²) in [6, 6.07) is 8.93. The van der Waals surface area contributed by atoms with E-state index in [-0.39, 0.29) is 5.69 Å². The maximum atomic E-state index is 11.8. The molecule has 94 valence electrons. The molecular weight excluding hydrogens is 254 g/mol. The lowest BCUT2D eigenvalue weighted by Crippen LogP contribution is -2.18. The van der Waals surface area contributed by atoms with Crippen LogP contribution in [0.15, 0.2) is 36.5 Å². The summed E-state index contributed by atoms with van der Waals surface area (Å²) in [5, 5.41) is 7.44. The molecule has 0 spiro atoms. The van der Waals surface area contributed by atoms with Crippen LogP contribution in [0.25, 0.3) is 5.69 Å². The third-order valence-electron chi connectivity index (χ3n) is 2.23. The summed E-state index contributed by atoms with van der Waals surface area (Å²) < 4.78 is 23.6. The first-order valence-electron chi connectivity index (χ1n) is 5.14. The van der Waals surface area contributed by atoms with Crippen LogP contribution in [0.4, 0.5) is 0 Å². The van der Waals surface area contributed by atoms with E-state index in [1.807, 2.05) is 6.07 Å². The highest BCUT2D eigenvalue weighted by atomic mass is 32.2. The van der Waals surface area contributed by atoms with Crippen LogP contribution in [0.3, 0.4) is 0 Å². The van der Waals surface area contributed by atoms with Gasteiger partial charge in [-0.3, -0.25) is 4.79 Å². The quantitative estimate of drug-likeness (QED) is 0.752. The Morgan fingerprint density at radius 1 is 1.28 bits per heavy atom. The Bertz CT molecular complexity index is 662. The Labute approximate surface area is 104 Å². The number of carbonyl (C=O) groups is 1. The molecule has 0 aliphatic heterocycles. The van der Waals surface area contributed by atoms with Gasteiger partial charge in [0.25, 0.3) is 0 Å². The van der Waals surface area contributed by atoms with Crippen LogP contribution in [0.5, 0.6) is 0 Å². The number of nitrogens with zero attached hydrogens (tertiary/aromatic N) is 3. The first kappa shape index (κ1) is 12.4. The molecule has 1 aromatic carbocycles. The highest BCUT2D eigenvalue weighted by molar-refractivity contribution is 7.91. The lowest BCUT2D eigenvalue weighted by atomic mass is 10.3. The fraction of sp³-hybridized carbons (Fsp3) is 0.182. The van der Waals surface area contributed by atoms with E-state index in [0.29, 0.717) is 5.69 Å². The second-order valence-electron chi connectivity index (χ2n) is 3.86. The molecule has 0 bridgehead atoms. The van der Waals surface area contributed by atoms with Crippen molar-refractivity contribution in [1.29, 1.82) is 0 Å². The van der Waals surface area contributed by atoms with Crippen molar-refractivity contribution in [1.82, 2.24) is 15.0 Å². The number of sulfone groups is 1. The van der Waals surface area contributed by atoms with Crippen molar-refractivity contribution in [2.75, 3.05) is 12.0 Å². The summed E-state index contributed by atoms with van der Waals surface area (Å²) in [4.78, 5) is 11.8. The first-order valence-corrected chi connectivity index (χ1v) is 7.20. The summed E-state index contributed by atoms with van der Waals surface area (Å²) in [5.74, 6) is -1.07. The lowest BCUT2D eigenvalue weighted by molar-refractivity contribution is 0.101. The van der Waals surface area contributed by atoms with Crippen molar-refractivity contribution in [3.05, 3.63) is 42.2 Å². The molecule has 7 heteroatoms. The number of carbonyl (C=O) groups excluding carboxylic acids is 1. The first-order chi connectivity index (χ1) is 8.47. The van der Waals surface area contributed by atoms with E-state index in [0.717, 1.165) is 6.26 Å². The third-order valence-corrected chi connectivity index (χ3v) is 3.02. The highest BCUT2D eigenvalue weighted by Gasteiger charge is 2.18. The second kappa shape index (κ2) is 4.69. The van der Waals surface area contributed by atoms with Crippen molar-refractivity contribution in [3.63, 3.8) is 0 Å². The molecule has 1 aromatic heterocycles. The van der Waals surface area contributed by atoms with Crippen LogP contribution in [0.2, 0.25) is 0 Å². The molecule has 0 amide bonds. The average molecular weight is 265 g/mol. The molecule has 0 unspecified atom stereocenters. The van der Waals surface area contributed by atoms with E-state index in [9.17, 15) is 13.2 Å². The fourth-order valence-corrected chi connectivity index (χ4v) is 2.12.